The summed E-state index contributed by atoms with van der Waals surface area (Å²) < 4.78 is 11.4. The maximum absolute atomic E-state index is 5.91. The molecule has 3 nitrogen and oxygen atoms in total. The van der Waals surface area contributed by atoms with Crippen LogP contribution in [0.15, 0.2) is 0 Å². The van der Waals surface area contributed by atoms with Gasteiger partial charge in [-0.05, 0) is 78.8 Å². The van der Waals surface area contributed by atoms with Crippen molar-refractivity contribution < 1.29 is 9.47 Å². The molecule has 2 rings (SSSR count). The quantitative estimate of drug-likeness (QED) is 0.721. The highest BCUT2D eigenvalue weighted by molar-refractivity contribution is 4.99. The standard InChI is InChI=1S/C17H33NO2/c1-14(2)19-10-11-20-15-12-17(13-15)6-8-18(9-7-17)16(3,4)5/h14-15H,6-13H2,1-5H3. The summed E-state index contributed by atoms with van der Waals surface area (Å²) in [6.45, 7) is 15.1. The number of rotatable bonds is 5. The second-order valence-corrected chi connectivity index (χ2v) is 7.98. The third-order valence-corrected chi connectivity index (χ3v) is 4.98. The van der Waals surface area contributed by atoms with Crippen LogP contribution in [0.2, 0.25) is 0 Å². The van der Waals surface area contributed by atoms with Crippen molar-refractivity contribution in [3.8, 4) is 0 Å². The fourth-order valence-electron chi connectivity index (χ4n) is 3.58. The first-order valence-electron chi connectivity index (χ1n) is 8.29. The second-order valence-electron chi connectivity index (χ2n) is 7.98. The lowest BCUT2D eigenvalue weighted by Crippen LogP contribution is -2.54. The Morgan fingerprint density at radius 2 is 1.70 bits per heavy atom. The Morgan fingerprint density at radius 3 is 2.20 bits per heavy atom. The van der Waals surface area contributed by atoms with E-state index in [1.54, 1.807) is 0 Å². The van der Waals surface area contributed by atoms with Gasteiger partial charge in [0, 0.05) is 5.54 Å². The van der Waals surface area contributed by atoms with Crippen molar-refractivity contribution in [3.05, 3.63) is 0 Å². The Morgan fingerprint density at radius 1 is 1.10 bits per heavy atom. The van der Waals surface area contributed by atoms with Gasteiger partial charge in [0.05, 0.1) is 25.4 Å². The zero-order valence-corrected chi connectivity index (χ0v) is 14.1. The van der Waals surface area contributed by atoms with E-state index in [-0.39, 0.29) is 0 Å². The predicted octanol–water partition coefficient (Wildman–Crippen LogP) is 3.47. The molecule has 0 N–H and O–H groups in total. The lowest BCUT2D eigenvalue weighted by molar-refractivity contribution is -0.121. The third kappa shape index (κ3) is 4.19. The Bertz CT molecular complexity index is 293. The van der Waals surface area contributed by atoms with Crippen molar-refractivity contribution in [1.82, 2.24) is 4.90 Å². The van der Waals surface area contributed by atoms with E-state index in [1.165, 1.54) is 38.8 Å². The van der Waals surface area contributed by atoms with Gasteiger partial charge in [0.15, 0.2) is 0 Å². The van der Waals surface area contributed by atoms with Crippen LogP contribution in [0.25, 0.3) is 0 Å². The van der Waals surface area contributed by atoms with Crippen LogP contribution in [0.1, 0.15) is 60.3 Å². The molecule has 20 heavy (non-hydrogen) atoms. The van der Waals surface area contributed by atoms with Gasteiger partial charge in [-0.15, -0.1) is 0 Å². The van der Waals surface area contributed by atoms with Crippen LogP contribution in [0, 0.1) is 5.41 Å². The summed E-state index contributed by atoms with van der Waals surface area (Å²) in [6, 6.07) is 0. The van der Waals surface area contributed by atoms with Gasteiger partial charge in [-0.2, -0.15) is 0 Å². The molecule has 3 heteroatoms. The molecule has 0 aromatic carbocycles. The maximum atomic E-state index is 5.91. The minimum atomic E-state index is 0.313. The summed E-state index contributed by atoms with van der Waals surface area (Å²) in [7, 11) is 0. The number of piperidine rings is 1. The average molecular weight is 283 g/mol. The lowest BCUT2D eigenvalue weighted by atomic mass is 9.61. The van der Waals surface area contributed by atoms with Crippen molar-refractivity contribution in [2.45, 2.75) is 78.0 Å². The molecule has 0 atom stereocenters. The molecule has 1 spiro atoms. The zero-order chi connectivity index (χ0) is 14.8. The number of nitrogens with zero attached hydrogens (tertiary/aromatic N) is 1. The van der Waals surface area contributed by atoms with E-state index in [1.807, 2.05) is 0 Å². The average Bonchev–Trinajstić information content (AvgIpc) is 2.31. The molecule has 2 fully saturated rings. The van der Waals surface area contributed by atoms with Crippen molar-refractivity contribution in [2.24, 2.45) is 5.41 Å². The minimum Gasteiger partial charge on any atom is -0.376 e. The number of hydrogen-bond donors (Lipinski definition) is 0. The van der Waals surface area contributed by atoms with E-state index >= 15 is 0 Å². The highest BCUT2D eigenvalue weighted by Crippen LogP contribution is 2.50. The molecule has 0 bridgehead atoms. The molecule has 1 heterocycles. The first kappa shape index (κ1) is 16.3. The van der Waals surface area contributed by atoms with Crippen LogP contribution in [-0.2, 0) is 9.47 Å². The van der Waals surface area contributed by atoms with Crippen LogP contribution in [-0.4, -0.2) is 49.0 Å². The first-order valence-corrected chi connectivity index (χ1v) is 8.29. The summed E-state index contributed by atoms with van der Waals surface area (Å²) in [5, 5.41) is 0. The van der Waals surface area contributed by atoms with Crippen molar-refractivity contribution >= 4 is 0 Å². The summed E-state index contributed by atoms with van der Waals surface area (Å²) in [5.74, 6) is 0. The molecular formula is C17H33NO2. The first-order chi connectivity index (χ1) is 9.31. The Hall–Kier alpha value is -0.120. The zero-order valence-electron chi connectivity index (χ0n) is 14.1. The Labute approximate surface area is 125 Å². The van der Waals surface area contributed by atoms with Crippen molar-refractivity contribution in [2.75, 3.05) is 26.3 Å². The van der Waals surface area contributed by atoms with E-state index in [2.05, 4.69) is 39.5 Å². The lowest BCUT2D eigenvalue weighted by Gasteiger charge is -2.54. The Balaban J connectivity index is 1.62. The summed E-state index contributed by atoms with van der Waals surface area (Å²) in [5.41, 5.74) is 0.931. The van der Waals surface area contributed by atoms with Gasteiger partial charge in [-0.1, -0.05) is 0 Å². The predicted molar refractivity (Wildman–Crippen MR) is 83.1 cm³/mol. The highest BCUT2D eigenvalue weighted by atomic mass is 16.5. The number of likely N-dealkylation sites (tertiary alicyclic amines) is 1. The minimum absolute atomic E-state index is 0.313. The van der Waals surface area contributed by atoms with Gasteiger partial charge >= 0.3 is 0 Å². The second kappa shape index (κ2) is 6.33. The molecule has 0 amide bonds. The maximum Gasteiger partial charge on any atom is 0.0704 e. The van der Waals surface area contributed by atoms with E-state index in [0.717, 1.165) is 13.2 Å². The van der Waals surface area contributed by atoms with Crippen LogP contribution >= 0.6 is 0 Å². The highest BCUT2D eigenvalue weighted by Gasteiger charge is 2.47. The molecule has 1 aliphatic heterocycles. The molecular weight excluding hydrogens is 250 g/mol. The summed E-state index contributed by atoms with van der Waals surface area (Å²) >= 11 is 0. The monoisotopic (exact) mass is 283 g/mol. The molecule has 1 saturated carbocycles. The van der Waals surface area contributed by atoms with Gasteiger partial charge in [0.25, 0.3) is 0 Å². The number of hydrogen-bond acceptors (Lipinski definition) is 3. The van der Waals surface area contributed by atoms with Gasteiger partial charge in [-0.25, -0.2) is 0 Å². The van der Waals surface area contributed by atoms with Crippen LogP contribution < -0.4 is 0 Å². The molecule has 1 saturated heterocycles. The van der Waals surface area contributed by atoms with E-state index < -0.39 is 0 Å². The fourth-order valence-corrected chi connectivity index (χ4v) is 3.58. The van der Waals surface area contributed by atoms with Gasteiger partial charge in [0.1, 0.15) is 0 Å². The van der Waals surface area contributed by atoms with Gasteiger partial charge in [-0.3, -0.25) is 4.90 Å². The van der Waals surface area contributed by atoms with E-state index in [4.69, 9.17) is 9.47 Å². The smallest absolute Gasteiger partial charge is 0.0704 e. The summed E-state index contributed by atoms with van der Waals surface area (Å²) in [6.07, 6.45) is 6.05. The van der Waals surface area contributed by atoms with Gasteiger partial charge < -0.3 is 9.47 Å². The van der Waals surface area contributed by atoms with Crippen LogP contribution in [0.3, 0.4) is 0 Å². The van der Waals surface area contributed by atoms with Crippen LogP contribution in [0.5, 0.6) is 0 Å². The molecule has 0 aromatic heterocycles. The normalized spacial score (nSPS) is 24.3. The van der Waals surface area contributed by atoms with Crippen molar-refractivity contribution in [3.63, 3.8) is 0 Å². The molecule has 0 aromatic rings. The SMILES string of the molecule is CC(C)OCCOC1CC2(CCN(C(C)(C)C)CC2)C1. The molecule has 118 valence electrons. The molecule has 1 aliphatic carbocycles. The van der Waals surface area contributed by atoms with E-state index in [9.17, 15) is 0 Å². The fraction of sp³-hybridized carbons (Fsp3) is 1.00. The Kier molecular flexibility index (Phi) is 5.14. The molecule has 0 unspecified atom stereocenters. The topological polar surface area (TPSA) is 21.7 Å². The molecule has 2 aliphatic rings. The van der Waals surface area contributed by atoms with E-state index in [0.29, 0.717) is 23.2 Å². The van der Waals surface area contributed by atoms with Crippen molar-refractivity contribution in [1.29, 1.82) is 0 Å². The van der Waals surface area contributed by atoms with Crippen LogP contribution in [0.4, 0.5) is 0 Å². The largest absolute Gasteiger partial charge is 0.376 e. The summed E-state index contributed by atoms with van der Waals surface area (Å²) in [4.78, 5) is 2.63. The molecule has 0 radical (unpaired) electrons. The van der Waals surface area contributed by atoms with Gasteiger partial charge in [0.2, 0.25) is 0 Å². The third-order valence-electron chi connectivity index (χ3n) is 4.98. The number of ether oxygens (including phenoxy) is 2.